The van der Waals surface area contributed by atoms with Crippen LogP contribution in [0.15, 0.2) is 36.5 Å². The fourth-order valence-corrected chi connectivity index (χ4v) is 4.22. The summed E-state index contributed by atoms with van der Waals surface area (Å²) in [4.78, 5) is 31.2. The fourth-order valence-electron chi connectivity index (χ4n) is 3.82. The molecule has 2 N–H and O–H groups in total. The highest BCUT2D eigenvalue weighted by atomic mass is 35.5. The van der Waals surface area contributed by atoms with Crippen molar-refractivity contribution < 1.29 is 18.7 Å². The van der Waals surface area contributed by atoms with Gasteiger partial charge in [0.05, 0.1) is 24.0 Å². The molecule has 8 nitrogen and oxygen atoms in total. The van der Waals surface area contributed by atoms with Crippen molar-refractivity contribution in [2.45, 2.75) is 19.4 Å². The number of aromatic nitrogens is 3. The molecule has 0 spiro atoms. The van der Waals surface area contributed by atoms with E-state index >= 15 is 0 Å². The Hall–Kier alpha value is -3.17. The van der Waals surface area contributed by atoms with Crippen LogP contribution in [0.4, 0.5) is 4.39 Å². The Morgan fingerprint density at radius 2 is 2.00 bits per heavy atom. The molecular formula is C23H22Cl2FN5O3. The van der Waals surface area contributed by atoms with Crippen molar-refractivity contribution in [3.8, 4) is 17.1 Å². The molecule has 0 radical (unpaired) electrons. The number of piperidine rings is 1. The van der Waals surface area contributed by atoms with Crippen LogP contribution in [0.1, 0.15) is 28.9 Å². The predicted molar refractivity (Wildman–Crippen MR) is 125 cm³/mol. The number of amides is 2. The van der Waals surface area contributed by atoms with Crippen LogP contribution in [-0.2, 0) is 11.3 Å². The van der Waals surface area contributed by atoms with Crippen LogP contribution in [0.2, 0.25) is 10.0 Å². The fraction of sp³-hybridized carbons (Fsp3) is 0.304. The zero-order chi connectivity index (χ0) is 24.2. The van der Waals surface area contributed by atoms with Gasteiger partial charge in [0.2, 0.25) is 11.8 Å². The molecule has 3 heterocycles. The number of H-pyrrole nitrogens is 1. The van der Waals surface area contributed by atoms with Gasteiger partial charge in [-0.25, -0.2) is 9.37 Å². The van der Waals surface area contributed by atoms with E-state index < -0.39 is 5.82 Å². The number of likely N-dealkylation sites (tertiary alicyclic amines) is 1. The monoisotopic (exact) mass is 505 g/mol. The highest BCUT2D eigenvalue weighted by molar-refractivity contribution is 6.33. The molecule has 1 aliphatic rings. The molecule has 1 fully saturated rings. The number of carbonyl (C=O) groups excluding carboxylic acids is 2. The lowest BCUT2D eigenvalue weighted by Crippen LogP contribution is -2.43. The standard InChI is InChI=1S/C23H22Cl2FN5O3/c1-34-21-9-16(17(25)12-27-21)19-10-20(30-29-19)23(33)31-6-4-13(5-7-31)22(32)28-11-14-8-15(24)2-3-18(14)26/h2-3,8-10,12-13H,4-7,11H2,1H3,(H,28,32)(H,29,30). The van der Waals surface area contributed by atoms with Crippen LogP contribution in [-0.4, -0.2) is 52.1 Å². The Labute approximate surface area is 205 Å². The SMILES string of the molecule is COc1cc(-c2cc(C(=O)N3CCC(C(=O)NCc4cc(Cl)ccc4F)CC3)n[nH]2)c(Cl)cn1. The average molecular weight is 506 g/mol. The molecule has 11 heteroatoms. The third kappa shape index (κ3) is 5.31. The van der Waals surface area contributed by atoms with Crippen LogP contribution >= 0.6 is 23.2 Å². The third-order valence-corrected chi connectivity index (χ3v) is 6.28. The first kappa shape index (κ1) is 24.0. The van der Waals surface area contributed by atoms with Crippen molar-refractivity contribution in [2.24, 2.45) is 5.92 Å². The second-order valence-electron chi connectivity index (χ2n) is 7.89. The number of methoxy groups -OCH3 is 1. The number of pyridine rings is 1. The maximum atomic E-state index is 13.9. The van der Waals surface area contributed by atoms with Gasteiger partial charge in [-0.2, -0.15) is 5.10 Å². The predicted octanol–water partition coefficient (Wildman–Crippen LogP) is 4.09. The molecule has 2 aromatic heterocycles. The Kier molecular flexibility index (Phi) is 7.33. The molecule has 34 heavy (non-hydrogen) atoms. The van der Waals surface area contributed by atoms with E-state index in [1.807, 2.05) is 0 Å². The summed E-state index contributed by atoms with van der Waals surface area (Å²) in [6.07, 6.45) is 2.47. The second kappa shape index (κ2) is 10.4. The number of hydrogen-bond acceptors (Lipinski definition) is 5. The molecule has 0 aliphatic carbocycles. The van der Waals surface area contributed by atoms with Gasteiger partial charge in [0, 0.05) is 47.8 Å². The Bertz CT molecular complexity index is 1210. The molecule has 1 saturated heterocycles. The summed E-state index contributed by atoms with van der Waals surface area (Å²) in [5.74, 6) is -0.700. The largest absolute Gasteiger partial charge is 0.481 e. The highest BCUT2D eigenvalue weighted by Crippen LogP contribution is 2.29. The van der Waals surface area contributed by atoms with E-state index in [0.717, 1.165) is 0 Å². The Morgan fingerprint density at radius 1 is 1.24 bits per heavy atom. The smallest absolute Gasteiger partial charge is 0.274 e. The number of hydrogen-bond donors (Lipinski definition) is 2. The molecule has 3 aromatic rings. The topological polar surface area (TPSA) is 100 Å². The normalized spacial score (nSPS) is 14.2. The van der Waals surface area contributed by atoms with Gasteiger partial charge in [0.15, 0.2) is 5.69 Å². The lowest BCUT2D eigenvalue weighted by molar-refractivity contribution is -0.126. The van der Waals surface area contributed by atoms with Crippen LogP contribution < -0.4 is 10.1 Å². The third-order valence-electron chi connectivity index (χ3n) is 5.74. The summed E-state index contributed by atoms with van der Waals surface area (Å²) in [5, 5.41) is 10.5. The molecule has 0 saturated carbocycles. The second-order valence-corrected chi connectivity index (χ2v) is 8.74. The van der Waals surface area contributed by atoms with Gasteiger partial charge < -0.3 is 15.0 Å². The van der Waals surface area contributed by atoms with Crippen LogP contribution in [0, 0.1) is 11.7 Å². The summed E-state index contributed by atoms with van der Waals surface area (Å²) in [7, 11) is 1.50. The number of ether oxygens (including phenoxy) is 1. The first-order valence-corrected chi connectivity index (χ1v) is 11.4. The van der Waals surface area contributed by atoms with E-state index in [0.29, 0.717) is 58.7 Å². The summed E-state index contributed by atoms with van der Waals surface area (Å²) in [5.41, 5.74) is 1.76. The van der Waals surface area contributed by atoms with Crippen LogP contribution in [0.25, 0.3) is 11.3 Å². The minimum absolute atomic E-state index is 0.0583. The summed E-state index contributed by atoms with van der Waals surface area (Å²) in [6, 6.07) is 7.50. The summed E-state index contributed by atoms with van der Waals surface area (Å²) >= 11 is 12.1. The number of nitrogens with zero attached hydrogens (tertiary/aromatic N) is 3. The van der Waals surface area contributed by atoms with E-state index in [-0.39, 0.29) is 30.0 Å². The molecule has 0 bridgehead atoms. The summed E-state index contributed by atoms with van der Waals surface area (Å²) < 4.78 is 19.0. The molecule has 1 aliphatic heterocycles. The zero-order valence-electron chi connectivity index (χ0n) is 18.3. The van der Waals surface area contributed by atoms with Crippen molar-refractivity contribution in [1.29, 1.82) is 0 Å². The maximum Gasteiger partial charge on any atom is 0.274 e. The van der Waals surface area contributed by atoms with E-state index in [1.54, 1.807) is 17.0 Å². The maximum absolute atomic E-state index is 13.9. The van der Waals surface area contributed by atoms with Crippen molar-refractivity contribution in [3.05, 3.63) is 63.6 Å². The van der Waals surface area contributed by atoms with Crippen molar-refractivity contribution in [1.82, 2.24) is 25.4 Å². The minimum atomic E-state index is -0.421. The van der Waals surface area contributed by atoms with Gasteiger partial charge in [0.25, 0.3) is 5.91 Å². The van der Waals surface area contributed by atoms with E-state index in [1.165, 1.54) is 31.5 Å². The van der Waals surface area contributed by atoms with Gasteiger partial charge in [-0.15, -0.1) is 0 Å². The van der Waals surface area contributed by atoms with Gasteiger partial charge in [-0.05, 0) is 37.1 Å². The van der Waals surface area contributed by atoms with Crippen molar-refractivity contribution >= 4 is 35.0 Å². The quantitative estimate of drug-likeness (QED) is 0.525. The molecule has 178 valence electrons. The number of carbonyl (C=O) groups is 2. The van der Waals surface area contributed by atoms with Crippen molar-refractivity contribution in [2.75, 3.05) is 20.2 Å². The first-order valence-electron chi connectivity index (χ1n) is 10.6. The summed E-state index contributed by atoms with van der Waals surface area (Å²) in [6.45, 7) is 0.881. The number of halogens is 3. The lowest BCUT2D eigenvalue weighted by Gasteiger charge is -2.30. The van der Waals surface area contributed by atoms with E-state index in [9.17, 15) is 14.0 Å². The highest BCUT2D eigenvalue weighted by Gasteiger charge is 2.29. The van der Waals surface area contributed by atoms with Crippen LogP contribution in [0.3, 0.4) is 0 Å². The molecule has 2 amide bonds. The van der Waals surface area contributed by atoms with Crippen LogP contribution in [0.5, 0.6) is 5.88 Å². The number of aromatic amines is 1. The number of rotatable bonds is 6. The van der Waals surface area contributed by atoms with Gasteiger partial charge in [0.1, 0.15) is 5.82 Å². The molecule has 0 unspecified atom stereocenters. The van der Waals surface area contributed by atoms with Gasteiger partial charge >= 0.3 is 0 Å². The lowest BCUT2D eigenvalue weighted by atomic mass is 9.95. The van der Waals surface area contributed by atoms with E-state index in [4.69, 9.17) is 27.9 Å². The van der Waals surface area contributed by atoms with E-state index in [2.05, 4.69) is 20.5 Å². The molecule has 1 aromatic carbocycles. The van der Waals surface area contributed by atoms with Gasteiger partial charge in [-0.3, -0.25) is 14.7 Å². The zero-order valence-corrected chi connectivity index (χ0v) is 19.8. The number of benzene rings is 1. The first-order chi connectivity index (χ1) is 16.4. The number of nitrogens with one attached hydrogen (secondary N) is 2. The van der Waals surface area contributed by atoms with Gasteiger partial charge in [-0.1, -0.05) is 23.2 Å². The molecule has 0 atom stereocenters. The Morgan fingerprint density at radius 3 is 2.74 bits per heavy atom. The Balaban J connectivity index is 1.33. The molecular weight excluding hydrogens is 484 g/mol. The molecule has 4 rings (SSSR count). The minimum Gasteiger partial charge on any atom is -0.481 e. The van der Waals surface area contributed by atoms with Crippen molar-refractivity contribution in [3.63, 3.8) is 0 Å². The average Bonchev–Trinajstić information content (AvgIpc) is 3.34.